The van der Waals surface area contributed by atoms with E-state index in [2.05, 4.69) is 78.3 Å². The van der Waals surface area contributed by atoms with Crippen LogP contribution in [-0.4, -0.2) is 80.0 Å². The Labute approximate surface area is 270 Å². The van der Waals surface area contributed by atoms with E-state index < -0.39 is 26.3 Å². The lowest BCUT2D eigenvalue weighted by Gasteiger charge is -2.47. The van der Waals surface area contributed by atoms with Crippen molar-refractivity contribution in [3.05, 3.63) is 46.5 Å². The smallest absolute Gasteiger partial charge is 0.350 e. The van der Waals surface area contributed by atoms with Crippen molar-refractivity contribution in [1.29, 1.82) is 0 Å². The molecular weight excluding hydrogens is 607 g/mol. The topological polar surface area (TPSA) is 132 Å². The normalized spacial score (nSPS) is 24.1. The number of ether oxygens (including phenoxy) is 1. The number of rotatable bonds is 8. The van der Waals surface area contributed by atoms with Gasteiger partial charge in [-0.15, -0.1) is 0 Å². The Bertz CT molecular complexity index is 1690. The molecule has 3 atom stereocenters. The van der Waals surface area contributed by atoms with Crippen molar-refractivity contribution in [1.82, 2.24) is 29.2 Å². The van der Waals surface area contributed by atoms with Gasteiger partial charge in [0.1, 0.15) is 5.75 Å². The number of halogens is 1. The Balaban J connectivity index is 1.26. The molecule has 2 fully saturated rings. The molecule has 1 unspecified atom stereocenters. The maximum absolute atomic E-state index is 15.0. The van der Waals surface area contributed by atoms with Crippen molar-refractivity contribution < 1.29 is 18.7 Å². The lowest BCUT2D eigenvalue weighted by Crippen LogP contribution is -2.55. The van der Waals surface area contributed by atoms with E-state index in [9.17, 15) is 14.3 Å². The van der Waals surface area contributed by atoms with Crippen molar-refractivity contribution in [2.45, 2.75) is 102 Å². The summed E-state index contributed by atoms with van der Waals surface area (Å²) in [4.78, 5) is 24.7. The molecule has 12 nitrogen and oxygen atoms in total. The average molecular weight is 655 g/mol. The van der Waals surface area contributed by atoms with Crippen LogP contribution in [0.2, 0.25) is 18.1 Å². The first-order valence-electron chi connectivity index (χ1n) is 16.1. The van der Waals surface area contributed by atoms with Gasteiger partial charge in [-0.05, 0) is 82.4 Å². The zero-order valence-electron chi connectivity index (χ0n) is 28.1. The maximum Gasteiger partial charge on any atom is 0.350 e. The molecule has 5 heterocycles. The number of aliphatic hydroxyl groups is 1. The first-order valence-corrected chi connectivity index (χ1v) is 19.0. The number of aromatic nitrogens is 5. The predicted octanol–water partition coefficient (Wildman–Crippen LogP) is 4.66. The standard InChI is InChI=1S/C32H47FN8O4Si/c1-30(2,3)46(7,8)44-19-32(18-42)27-38-39(6)29(43)41(27)24-15-20(11-12-25(24)45-32)36-28-34-17-23(33)26(37-28)35-21-14-22-10-9-13-40(22)31(4,5)16-21/h11-12,15,17,21-22,42H,9-10,13-14,16,18-19H2,1-8H3,(H2,34,35,36,37)/t21-,22+,32?/m1/s1. The second-order valence-electron chi connectivity index (χ2n) is 15.1. The third-order valence-corrected chi connectivity index (χ3v) is 14.8. The van der Waals surface area contributed by atoms with Crippen molar-refractivity contribution in [3.63, 3.8) is 0 Å². The van der Waals surface area contributed by atoms with Crippen LogP contribution < -0.4 is 21.1 Å². The van der Waals surface area contributed by atoms with Gasteiger partial charge in [-0.25, -0.2) is 23.4 Å². The van der Waals surface area contributed by atoms with Crippen LogP contribution in [0.4, 0.5) is 21.8 Å². The van der Waals surface area contributed by atoms with Crippen molar-refractivity contribution in [2.75, 3.05) is 30.4 Å². The number of aliphatic hydroxyl groups excluding tert-OH is 1. The number of anilines is 3. The van der Waals surface area contributed by atoms with Crippen LogP contribution in [-0.2, 0) is 17.1 Å². The molecule has 250 valence electrons. The summed E-state index contributed by atoms with van der Waals surface area (Å²) < 4.78 is 30.5. The van der Waals surface area contributed by atoms with Gasteiger partial charge in [0.05, 0.1) is 25.1 Å². The first-order chi connectivity index (χ1) is 21.5. The Morgan fingerprint density at radius 1 is 1.26 bits per heavy atom. The Morgan fingerprint density at radius 3 is 2.74 bits per heavy atom. The molecule has 46 heavy (non-hydrogen) atoms. The molecule has 3 aliphatic rings. The van der Waals surface area contributed by atoms with Gasteiger partial charge in [0, 0.05) is 30.4 Å². The molecule has 1 aromatic carbocycles. The van der Waals surface area contributed by atoms with Crippen molar-refractivity contribution >= 4 is 25.8 Å². The molecule has 14 heteroatoms. The summed E-state index contributed by atoms with van der Waals surface area (Å²) in [5.41, 5.74) is -0.721. The third kappa shape index (κ3) is 5.73. The molecule has 3 aromatic rings. The van der Waals surface area contributed by atoms with Crippen molar-refractivity contribution in [3.8, 4) is 11.4 Å². The van der Waals surface area contributed by atoms with Crippen LogP contribution in [0, 0.1) is 5.82 Å². The molecule has 0 spiro atoms. The summed E-state index contributed by atoms with van der Waals surface area (Å²) in [5, 5.41) is 21.6. The third-order valence-electron chi connectivity index (χ3n) is 10.4. The zero-order valence-corrected chi connectivity index (χ0v) is 29.1. The summed E-state index contributed by atoms with van der Waals surface area (Å²) >= 11 is 0. The van der Waals surface area contributed by atoms with Crippen LogP contribution in [0.15, 0.2) is 29.2 Å². The van der Waals surface area contributed by atoms with E-state index in [4.69, 9.17) is 9.16 Å². The summed E-state index contributed by atoms with van der Waals surface area (Å²) in [6.07, 6.45) is 5.35. The highest BCUT2D eigenvalue weighted by atomic mass is 28.4. The highest BCUT2D eigenvalue weighted by Gasteiger charge is 2.48. The SMILES string of the molecule is Cn1nc2n(c1=O)-c1cc(Nc3ncc(F)c(N[C@@H]4C[C@@H]5CCCN5C(C)(C)C4)n3)ccc1OC2(CO)CO[Si](C)(C)C(C)(C)C. The van der Waals surface area contributed by atoms with Crippen LogP contribution in [0.5, 0.6) is 5.75 Å². The lowest BCUT2D eigenvalue weighted by atomic mass is 9.84. The largest absolute Gasteiger partial charge is 0.472 e. The molecule has 6 rings (SSSR count). The Kier molecular flexibility index (Phi) is 8.10. The fraction of sp³-hybridized carbons (Fsp3) is 0.625. The summed E-state index contributed by atoms with van der Waals surface area (Å²) in [5.74, 6) is 0.509. The van der Waals surface area contributed by atoms with Gasteiger partial charge in [-0.1, -0.05) is 20.8 Å². The summed E-state index contributed by atoms with van der Waals surface area (Å²) in [6.45, 7) is 15.9. The van der Waals surface area contributed by atoms with Crippen LogP contribution in [0.3, 0.4) is 0 Å². The predicted molar refractivity (Wildman–Crippen MR) is 177 cm³/mol. The molecule has 2 aromatic heterocycles. The quantitative estimate of drug-likeness (QED) is 0.295. The molecule has 3 N–H and O–H groups in total. The van der Waals surface area contributed by atoms with Gasteiger partial charge in [-0.3, -0.25) is 4.90 Å². The fourth-order valence-electron chi connectivity index (χ4n) is 6.82. The maximum atomic E-state index is 15.0. The number of hydrogen-bond donors (Lipinski definition) is 3. The van der Waals surface area contributed by atoms with Crippen LogP contribution in [0.25, 0.3) is 5.69 Å². The first kappa shape index (κ1) is 32.6. The highest BCUT2D eigenvalue weighted by molar-refractivity contribution is 6.74. The number of benzene rings is 1. The Hall–Kier alpha value is -3.33. The van der Waals surface area contributed by atoms with E-state index in [0.717, 1.165) is 32.0 Å². The second kappa shape index (κ2) is 11.4. The molecule has 0 aliphatic carbocycles. The van der Waals surface area contributed by atoms with E-state index in [1.165, 1.54) is 15.7 Å². The highest BCUT2D eigenvalue weighted by Crippen LogP contribution is 2.42. The van der Waals surface area contributed by atoms with Gasteiger partial charge in [0.15, 0.2) is 25.8 Å². The average Bonchev–Trinajstić information content (AvgIpc) is 3.58. The van der Waals surface area contributed by atoms with Crippen LogP contribution in [0.1, 0.15) is 66.1 Å². The molecule has 0 saturated carbocycles. The van der Waals surface area contributed by atoms with E-state index in [-0.39, 0.29) is 46.5 Å². The van der Waals surface area contributed by atoms with E-state index in [1.54, 1.807) is 25.2 Å². The van der Waals surface area contributed by atoms with Gasteiger partial charge < -0.3 is 24.9 Å². The molecule has 3 aliphatic heterocycles. The number of nitrogens with zero attached hydrogens (tertiary/aromatic N) is 6. The molecule has 2 saturated heterocycles. The van der Waals surface area contributed by atoms with E-state index in [0.29, 0.717) is 23.2 Å². The molecular formula is C32H47FN8O4Si. The second-order valence-corrected chi connectivity index (χ2v) is 20.0. The molecule has 0 radical (unpaired) electrons. The Morgan fingerprint density at radius 2 is 2.02 bits per heavy atom. The summed E-state index contributed by atoms with van der Waals surface area (Å²) in [7, 11) is -0.671. The molecule has 0 bridgehead atoms. The van der Waals surface area contributed by atoms with E-state index >= 15 is 0 Å². The number of hydrogen-bond acceptors (Lipinski definition) is 10. The minimum absolute atomic E-state index is 0.0283. The minimum atomic E-state index is -2.23. The fourth-order valence-corrected chi connectivity index (χ4v) is 7.84. The van der Waals surface area contributed by atoms with Gasteiger partial charge in [-0.2, -0.15) is 10.1 Å². The van der Waals surface area contributed by atoms with Gasteiger partial charge >= 0.3 is 5.69 Å². The lowest BCUT2D eigenvalue weighted by molar-refractivity contribution is -0.0474. The molecule has 0 amide bonds. The van der Waals surface area contributed by atoms with Gasteiger partial charge in [0.25, 0.3) is 0 Å². The number of piperidine rings is 1. The summed E-state index contributed by atoms with van der Waals surface area (Å²) in [6, 6.07) is 5.80. The number of nitrogens with one attached hydrogen (secondary N) is 2. The van der Waals surface area contributed by atoms with Gasteiger partial charge in [0.2, 0.25) is 11.5 Å². The van der Waals surface area contributed by atoms with Crippen molar-refractivity contribution in [2.24, 2.45) is 7.05 Å². The van der Waals surface area contributed by atoms with Crippen LogP contribution >= 0.6 is 0 Å². The number of aryl methyl sites for hydroxylation is 1. The monoisotopic (exact) mass is 654 g/mol. The minimum Gasteiger partial charge on any atom is -0.472 e. The number of fused-ring (bicyclic) bond motifs is 4. The van der Waals surface area contributed by atoms with E-state index in [1.807, 2.05) is 0 Å². The zero-order chi connectivity index (χ0) is 33.2.